The number of aliphatic hydroxyl groups is 1. The van der Waals surface area contributed by atoms with Crippen molar-refractivity contribution < 1.29 is 18.7 Å². The molecule has 3 N–H and O–H groups in total. The monoisotopic (exact) mass is 272 g/mol. The second-order valence-corrected chi connectivity index (χ2v) is 4.61. The first-order valence-electron chi connectivity index (χ1n) is 6.08. The van der Waals surface area contributed by atoms with E-state index in [9.17, 15) is 18.7 Å². The highest BCUT2D eigenvalue weighted by molar-refractivity contribution is 5.89. The van der Waals surface area contributed by atoms with Crippen LogP contribution in [0, 0.1) is 17.6 Å². The van der Waals surface area contributed by atoms with E-state index in [0.717, 1.165) is 12.1 Å². The van der Waals surface area contributed by atoms with Gasteiger partial charge in [-0.1, -0.05) is 13.8 Å². The summed E-state index contributed by atoms with van der Waals surface area (Å²) in [6, 6.07) is 2.58. The standard InChI is InChI=1S/C13H18F2N2O2/c1-8(2)12(18)5-6-16-13(19)17-9-3-4-10(14)11(15)7-9/h3-4,7-8,12,18H,5-6H2,1-2H3,(H2,16,17,19). The van der Waals surface area contributed by atoms with Crippen molar-refractivity contribution in [1.82, 2.24) is 5.32 Å². The quantitative estimate of drug-likeness (QED) is 0.771. The van der Waals surface area contributed by atoms with Crippen molar-refractivity contribution in [2.75, 3.05) is 11.9 Å². The summed E-state index contributed by atoms with van der Waals surface area (Å²) in [6.45, 7) is 4.06. The van der Waals surface area contributed by atoms with Gasteiger partial charge in [-0.15, -0.1) is 0 Å². The molecule has 6 heteroatoms. The second kappa shape index (κ2) is 7.04. The summed E-state index contributed by atoms with van der Waals surface area (Å²) in [5.74, 6) is -1.87. The summed E-state index contributed by atoms with van der Waals surface area (Å²) in [7, 11) is 0. The van der Waals surface area contributed by atoms with Crippen LogP contribution < -0.4 is 10.6 Å². The molecule has 4 nitrogen and oxygen atoms in total. The number of anilines is 1. The van der Waals surface area contributed by atoms with Crippen LogP contribution in [0.1, 0.15) is 20.3 Å². The van der Waals surface area contributed by atoms with Gasteiger partial charge in [-0.3, -0.25) is 0 Å². The van der Waals surface area contributed by atoms with Gasteiger partial charge < -0.3 is 15.7 Å². The molecule has 0 aliphatic heterocycles. The molecule has 0 saturated carbocycles. The second-order valence-electron chi connectivity index (χ2n) is 4.61. The van der Waals surface area contributed by atoms with Crippen LogP contribution in [0.4, 0.5) is 19.3 Å². The smallest absolute Gasteiger partial charge is 0.319 e. The van der Waals surface area contributed by atoms with Crippen LogP contribution in [-0.2, 0) is 0 Å². The van der Waals surface area contributed by atoms with Crippen molar-refractivity contribution in [2.45, 2.75) is 26.4 Å². The molecule has 0 bridgehead atoms. The maximum absolute atomic E-state index is 12.9. The van der Waals surface area contributed by atoms with E-state index in [1.54, 1.807) is 0 Å². The van der Waals surface area contributed by atoms with Gasteiger partial charge >= 0.3 is 6.03 Å². The SMILES string of the molecule is CC(C)C(O)CCNC(=O)Nc1ccc(F)c(F)c1. The van der Waals surface area contributed by atoms with Crippen LogP contribution >= 0.6 is 0 Å². The molecule has 0 aliphatic rings. The van der Waals surface area contributed by atoms with E-state index in [1.165, 1.54) is 6.07 Å². The lowest BCUT2D eigenvalue weighted by atomic mass is 10.0. The zero-order valence-corrected chi connectivity index (χ0v) is 10.9. The van der Waals surface area contributed by atoms with Crippen LogP contribution in [0.25, 0.3) is 0 Å². The predicted octanol–water partition coefficient (Wildman–Crippen LogP) is 2.49. The average molecular weight is 272 g/mol. The summed E-state index contributed by atoms with van der Waals surface area (Å²) < 4.78 is 25.6. The molecule has 106 valence electrons. The number of amides is 2. The van der Waals surface area contributed by atoms with Crippen LogP contribution in [-0.4, -0.2) is 23.8 Å². The number of carbonyl (C=O) groups excluding carboxylic acids is 1. The molecule has 1 aromatic rings. The third-order valence-corrected chi connectivity index (χ3v) is 2.67. The number of nitrogens with one attached hydrogen (secondary N) is 2. The molecule has 0 aliphatic carbocycles. The Hall–Kier alpha value is -1.69. The van der Waals surface area contributed by atoms with Gasteiger partial charge in [-0.25, -0.2) is 13.6 Å². The maximum Gasteiger partial charge on any atom is 0.319 e. The van der Waals surface area contributed by atoms with Crippen molar-refractivity contribution in [3.8, 4) is 0 Å². The highest BCUT2D eigenvalue weighted by Crippen LogP contribution is 2.12. The van der Waals surface area contributed by atoms with E-state index in [1.807, 2.05) is 13.8 Å². The summed E-state index contributed by atoms with van der Waals surface area (Å²) in [4.78, 5) is 11.4. The molecule has 0 spiro atoms. The Kier molecular flexibility index (Phi) is 5.69. The molecule has 0 fully saturated rings. The van der Waals surface area contributed by atoms with Gasteiger partial charge in [0.2, 0.25) is 0 Å². The summed E-state index contributed by atoms with van der Waals surface area (Å²) in [5.41, 5.74) is 0.167. The minimum absolute atomic E-state index is 0.121. The molecule has 0 heterocycles. The van der Waals surface area contributed by atoms with Crippen LogP contribution in [0.2, 0.25) is 0 Å². The van der Waals surface area contributed by atoms with Gasteiger partial charge in [0, 0.05) is 18.3 Å². The number of halogens is 2. The first kappa shape index (κ1) is 15.4. The van der Waals surface area contributed by atoms with E-state index >= 15 is 0 Å². The van der Waals surface area contributed by atoms with Crippen molar-refractivity contribution >= 4 is 11.7 Å². The van der Waals surface area contributed by atoms with E-state index in [-0.39, 0.29) is 11.6 Å². The Morgan fingerprint density at radius 1 is 1.32 bits per heavy atom. The largest absolute Gasteiger partial charge is 0.393 e. The average Bonchev–Trinajstić information content (AvgIpc) is 2.33. The van der Waals surface area contributed by atoms with E-state index in [0.29, 0.717) is 13.0 Å². The Bertz CT molecular complexity index is 439. The summed E-state index contributed by atoms with van der Waals surface area (Å²) >= 11 is 0. The molecule has 2 amide bonds. The van der Waals surface area contributed by atoms with Crippen molar-refractivity contribution in [3.63, 3.8) is 0 Å². The lowest BCUT2D eigenvalue weighted by Crippen LogP contribution is -2.32. The number of hydrogen-bond acceptors (Lipinski definition) is 2. The fourth-order valence-electron chi connectivity index (χ4n) is 1.42. The minimum Gasteiger partial charge on any atom is -0.393 e. The number of benzene rings is 1. The highest BCUT2D eigenvalue weighted by atomic mass is 19.2. The van der Waals surface area contributed by atoms with Gasteiger partial charge in [-0.05, 0) is 24.5 Å². The van der Waals surface area contributed by atoms with E-state index < -0.39 is 23.8 Å². The Morgan fingerprint density at radius 2 is 2.00 bits per heavy atom. The van der Waals surface area contributed by atoms with Gasteiger partial charge in [0.15, 0.2) is 11.6 Å². The number of aliphatic hydroxyl groups excluding tert-OH is 1. The van der Waals surface area contributed by atoms with E-state index in [4.69, 9.17) is 0 Å². The third kappa shape index (κ3) is 5.21. The highest BCUT2D eigenvalue weighted by Gasteiger charge is 2.10. The molecular weight excluding hydrogens is 254 g/mol. The molecule has 0 radical (unpaired) electrons. The molecular formula is C13H18F2N2O2. The van der Waals surface area contributed by atoms with Crippen molar-refractivity contribution in [1.29, 1.82) is 0 Å². The number of rotatable bonds is 5. The normalized spacial score (nSPS) is 12.3. The topological polar surface area (TPSA) is 61.4 Å². The number of carbonyl (C=O) groups is 1. The van der Waals surface area contributed by atoms with Gasteiger partial charge in [0.25, 0.3) is 0 Å². The summed E-state index contributed by atoms with van der Waals surface area (Å²) in [6.07, 6.45) is -0.0494. The molecule has 1 atom stereocenters. The van der Waals surface area contributed by atoms with Crippen LogP contribution in [0.15, 0.2) is 18.2 Å². The van der Waals surface area contributed by atoms with Gasteiger partial charge in [-0.2, -0.15) is 0 Å². The molecule has 0 saturated heterocycles. The fourth-order valence-corrected chi connectivity index (χ4v) is 1.42. The molecule has 19 heavy (non-hydrogen) atoms. The molecule has 1 rings (SSSR count). The number of urea groups is 1. The van der Waals surface area contributed by atoms with E-state index in [2.05, 4.69) is 10.6 Å². The first-order chi connectivity index (χ1) is 8.90. The lowest BCUT2D eigenvalue weighted by molar-refractivity contribution is 0.117. The van der Waals surface area contributed by atoms with Gasteiger partial charge in [0.05, 0.1) is 6.10 Å². The Labute approximate surface area is 110 Å². The minimum atomic E-state index is -1.02. The fraction of sp³-hybridized carbons (Fsp3) is 0.462. The van der Waals surface area contributed by atoms with Gasteiger partial charge in [0.1, 0.15) is 0 Å². The maximum atomic E-state index is 12.9. The zero-order valence-electron chi connectivity index (χ0n) is 10.9. The van der Waals surface area contributed by atoms with Crippen LogP contribution in [0.5, 0.6) is 0 Å². The molecule has 0 aromatic heterocycles. The Morgan fingerprint density at radius 3 is 2.58 bits per heavy atom. The first-order valence-corrected chi connectivity index (χ1v) is 6.08. The van der Waals surface area contributed by atoms with Crippen LogP contribution in [0.3, 0.4) is 0 Å². The summed E-state index contributed by atoms with van der Waals surface area (Å²) in [5, 5.41) is 14.4. The number of hydrogen-bond donors (Lipinski definition) is 3. The van der Waals surface area contributed by atoms with Crippen molar-refractivity contribution in [3.05, 3.63) is 29.8 Å². The molecule has 1 unspecified atom stereocenters. The third-order valence-electron chi connectivity index (χ3n) is 2.67. The van der Waals surface area contributed by atoms with Crippen molar-refractivity contribution in [2.24, 2.45) is 5.92 Å². The lowest BCUT2D eigenvalue weighted by Gasteiger charge is -2.14. The predicted molar refractivity (Wildman–Crippen MR) is 68.8 cm³/mol. The zero-order chi connectivity index (χ0) is 14.4. The molecule has 1 aromatic carbocycles. The Balaban J connectivity index is 2.37.